The fraction of sp³-hybridized carbons (Fsp3) is 0.158. The average molecular weight is 384 g/mol. The van der Waals surface area contributed by atoms with Crippen molar-refractivity contribution in [3.05, 3.63) is 63.9 Å². The lowest BCUT2D eigenvalue weighted by Gasteiger charge is -2.08. The average Bonchev–Trinajstić information content (AvgIpc) is 3.03. The molecule has 1 amide bonds. The molecule has 2 N–H and O–H groups in total. The van der Waals surface area contributed by atoms with Gasteiger partial charge in [0.2, 0.25) is 0 Å². The smallest absolute Gasteiger partial charge is 0.310 e. The van der Waals surface area contributed by atoms with Crippen LogP contribution in [0.15, 0.2) is 47.1 Å². The number of ether oxygens (including phenoxy) is 1. The number of non-ortho nitro benzene ring substituents is 1. The van der Waals surface area contributed by atoms with Gasteiger partial charge in [0.1, 0.15) is 11.3 Å². The van der Waals surface area contributed by atoms with Crippen LogP contribution < -0.4 is 5.32 Å². The number of hydrogen-bond acceptors (Lipinski definition) is 7. The molecule has 0 saturated carbocycles. The van der Waals surface area contributed by atoms with E-state index < -0.39 is 23.4 Å². The zero-order chi connectivity index (χ0) is 20.3. The van der Waals surface area contributed by atoms with Gasteiger partial charge in [0.25, 0.3) is 11.6 Å². The molecule has 0 aliphatic heterocycles. The number of esters is 1. The number of carbonyl (C=O) groups is 2. The first-order chi connectivity index (χ1) is 13.3. The van der Waals surface area contributed by atoms with Crippen molar-refractivity contribution >= 4 is 34.2 Å². The molecule has 3 aromatic rings. The van der Waals surface area contributed by atoms with Gasteiger partial charge in [-0.25, -0.2) is 0 Å². The molecule has 0 spiro atoms. The minimum absolute atomic E-state index is 0.0502. The lowest BCUT2D eigenvalue weighted by atomic mass is 10.1. The van der Waals surface area contributed by atoms with Gasteiger partial charge in [0, 0.05) is 34.8 Å². The van der Waals surface area contributed by atoms with Crippen molar-refractivity contribution < 1.29 is 28.8 Å². The predicted octanol–water partition coefficient (Wildman–Crippen LogP) is 3.08. The fourth-order valence-electron chi connectivity index (χ4n) is 2.65. The summed E-state index contributed by atoms with van der Waals surface area (Å²) >= 11 is 0. The summed E-state index contributed by atoms with van der Waals surface area (Å²) in [5.74, 6) is -1.13. The minimum atomic E-state index is -0.619. The molecule has 1 heterocycles. The molecule has 9 nitrogen and oxygen atoms in total. The molecule has 28 heavy (non-hydrogen) atoms. The highest BCUT2D eigenvalue weighted by Crippen LogP contribution is 2.25. The lowest BCUT2D eigenvalue weighted by molar-refractivity contribution is -0.384. The number of nitro groups is 1. The summed E-state index contributed by atoms with van der Waals surface area (Å²) in [5.41, 5.74) is 1.85. The number of aryl methyl sites for hydroxylation is 1. The van der Waals surface area contributed by atoms with Crippen LogP contribution in [0, 0.1) is 17.0 Å². The molecule has 0 aliphatic rings. The number of rotatable bonds is 6. The van der Waals surface area contributed by atoms with Gasteiger partial charge in [0.05, 0.1) is 17.6 Å². The maximum absolute atomic E-state index is 12.0. The molecule has 0 atom stereocenters. The molecular weight excluding hydrogens is 368 g/mol. The van der Waals surface area contributed by atoms with Crippen LogP contribution in [-0.4, -0.2) is 28.5 Å². The van der Waals surface area contributed by atoms with Crippen molar-refractivity contribution in [3.63, 3.8) is 0 Å². The molecule has 0 saturated heterocycles. The number of fused-ring (bicyclic) bond motifs is 1. The number of aromatic hydroxyl groups is 1. The Bertz CT molecular complexity index is 1070. The Hall–Kier alpha value is -3.88. The fourth-order valence-corrected chi connectivity index (χ4v) is 2.65. The summed E-state index contributed by atoms with van der Waals surface area (Å²) in [4.78, 5) is 34.2. The molecule has 0 unspecified atom stereocenters. The maximum atomic E-state index is 12.0. The SMILES string of the molecule is Cc1cc([N+](=O)[O-])ccc1NC(=O)COC(=O)Cc1coc2cc(O)ccc12. The van der Waals surface area contributed by atoms with Gasteiger partial charge in [-0.3, -0.25) is 19.7 Å². The third kappa shape index (κ3) is 4.26. The van der Waals surface area contributed by atoms with E-state index in [-0.39, 0.29) is 17.9 Å². The normalized spacial score (nSPS) is 10.6. The van der Waals surface area contributed by atoms with Crippen LogP contribution >= 0.6 is 0 Å². The van der Waals surface area contributed by atoms with Crippen molar-refractivity contribution in [3.8, 4) is 5.75 Å². The summed E-state index contributed by atoms with van der Waals surface area (Å²) in [6.07, 6.45) is 1.30. The van der Waals surface area contributed by atoms with Crippen molar-refractivity contribution in [1.82, 2.24) is 0 Å². The van der Waals surface area contributed by atoms with E-state index in [0.29, 0.717) is 27.8 Å². The number of carbonyl (C=O) groups excluding carboxylic acids is 2. The highest BCUT2D eigenvalue weighted by atomic mass is 16.6. The van der Waals surface area contributed by atoms with E-state index in [1.165, 1.54) is 36.6 Å². The van der Waals surface area contributed by atoms with E-state index in [4.69, 9.17) is 9.15 Å². The van der Waals surface area contributed by atoms with Gasteiger partial charge in [0.15, 0.2) is 6.61 Å². The van der Waals surface area contributed by atoms with Crippen molar-refractivity contribution in [1.29, 1.82) is 0 Å². The third-order valence-electron chi connectivity index (χ3n) is 4.03. The Labute approximate surface area is 158 Å². The Kier molecular flexibility index (Phi) is 5.25. The second kappa shape index (κ2) is 7.78. The lowest BCUT2D eigenvalue weighted by Crippen LogP contribution is -2.22. The predicted molar refractivity (Wildman–Crippen MR) is 99.0 cm³/mol. The van der Waals surface area contributed by atoms with Crippen molar-refractivity contribution in [2.75, 3.05) is 11.9 Å². The molecule has 3 rings (SSSR count). The maximum Gasteiger partial charge on any atom is 0.310 e. The van der Waals surface area contributed by atoms with Crippen molar-refractivity contribution in [2.24, 2.45) is 0 Å². The van der Waals surface area contributed by atoms with Crippen LogP contribution in [0.2, 0.25) is 0 Å². The molecule has 0 aliphatic carbocycles. The summed E-state index contributed by atoms with van der Waals surface area (Å²) in [6.45, 7) is 1.13. The summed E-state index contributed by atoms with van der Waals surface area (Å²) in [7, 11) is 0. The van der Waals surface area contributed by atoms with E-state index in [9.17, 15) is 24.8 Å². The molecule has 2 aromatic carbocycles. The minimum Gasteiger partial charge on any atom is -0.508 e. The Balaban J connectivity index is 1.55. The quantitative estimate of drug-likeness (QED) is 0.379. The molecule has 0 fully saturated rings. The molecule has 1 aromatic heterocycles. The van der Waals surface area contributed by atoms with Crippen LogP contribution in [0.4, 0.5) is 11.4 Å². The van der Waals surface area contributed by atoms with Gasteiger partial charge < -0.3 is 19.6 Å². The topological polar surface area (TPSA) is 132 Å². The van der Waals surface area contributed by atoms with Crippen LogP contribution in [-0.2, 0) is 20.7 Å². The first kappa shape index (κ1) is 18.9. The number of anilines is 1. The zero-order valence-corrected chi connectivity index (χ0v) is 14.8. The van der Waals surface area contributed by atoms with Gasteiger partial charge >= 0.3 is 5.97 Å². The Morgan fingerprint density at radius 2 is 2.04 bits per heavy atom. The Morgan fingerprint density at radius 3 is 2.75 bits per heavy atom. The van der Waals surface area contributed by atoms with Gasteiger partial charge in [-0.05, 0) is 30.7 Å². The Morgan fingerprint density at radius 1 is 1.25 bits per heavy atom. The first-order valence-electron chi connectivity index (χ1n) is 8.23. The van der Waals surface area contributed by atoms with Crippen LogP contribution in [0.25, 0.3) is 11.0 Å². The van der Waals surface area contributed by atoms with E-state index in [0.717, 1.165) is 0 Å². The molecular formula is C19H16N2O7. The summed E-state index contributed by atoms with van der Waals surface area (Å²) in [5, 5.41) is 23.4. The highest BCUT2D eigenvalue weighted by Gasteiger charge is 2.15. The van der Waals surface area contributed by atoms with Crippen LogP contribution in [0.1, 0.15) is 11.1 Å². The van der Waals surface area contributed by atoms with E-state index in [2.05, 4.69) is 5.32 Å². The number of benzene rings is 2. The molecule has 144 valence electrons. The van der Waals surface area contributed by atoms with Crippen molar-refractivity contribution in [2.45, 2.75) is 13.3 Å². The number of nitro benzene ring substituents is 1. The molecule has 9 heteroatoms. The number of nitrogens with zero attached hydrogens (tertiary/aromatic N) is 1. The van der Waals surface area contributed by atoms with Gasteiger partial charge in [-0.15, -0.1) is 0 Å². The van der Waals surface area contributed by atoms with E-state index >= 15 is 0 Å². The second-order valence-electron chi connectivity index (χ2n) is 6.08. The third-order valence-corrected chi connectivity index (χ3v) is 4.03. The van der Waals surface area contributed by atoms with Gasteiger partial charge in [-0.1, -0.05) is 0 Å². The monoisotopic (exact) mass is 384 g/mol. The van der Waals surface area contributed by atoms with Crippen LogP contribution in [0.3, 0.4) is 0 Å². The van der Waals surface area contributed by atoms with Crippen LogP contribution in [0.5, 0.6) is 5.75 Å². The number of nitrogens with one attached hydrogen (secondary N) is 1. The summed E-state index contributed by atoms with van der Waals surface area (Å²) < 4.78 is 10.3. The highest BCUT2D eigenvalue weighted by molar-refractivity contribution is 5.94. The number of phenolic OH excluding ortho intramolecular Hbond substituents is 1. The number of furan rings is 1. The van der Waals surface area contributed by atoms with Gasteiger partial charge in [-0.2, -0.15) is 0 Å². The number of phenols is 1. The summed E-state index contributed by atoms with van der Waals surface area (Å²) in [6, 6.07) is 8.57. The standard InChI is InChI=1S/C19H16N2O7/c1-11-6-13(21(25)26)2-5-16(11)20-18(23)10-28-19(24)7-12-9-27-17-8-14(22)3-4-15(12)17/h2-6,8-9,22H,7,10H2,1H3,(H,20,23). The second-order valence-corrected chi connectivity index (χ2v) is 6.08. The number of amides is 1. The largest absolute Gasteiger partial charge is 0.508 e. The number of hydrogen-bond donors (Lipinski definition) is 2. The van der Waals surface area contributed by atoms with E-state index in [1.807, 2.05) is 0 Å². The van der Waals surface area contributed by atoms with E-state index in [1.54, 1.807) is 13.0 Å². The molecule has 0 radical (unpaired) electrons. The zero-order valence-electron chi connectivity index (χ0n) is 14.8. The molecule has 0 bridgehead atoms. The first-order valence-corrected chi connectivity index (χ1v) is 8.23.